The van der Waals surface area contributed by atoms with Crippen LogP contribution < -0.4 is 21.1 Å². The molecule has 4 unspecified atom stereocenters. The fourth-order valence-corrected chi connectivity index (χ4v) is 6.41. The summed E-state index contributed by atoms with van der Waals surface area (Å²) in [6, 6.07) is -0.815. The molecule has 10 N–H and O–H groups in total. The number of nitrogens with zero attached hydrogens (tertiary/aromatic N) is 1. The Morgan fingerprint density at radius 3 is 2.52 bits per heavy atom. The molecule has 0 aliphatic carbocycles. The van der Waals surface area contributed by atoms with Gasteiger partial charge >= 0.3 is 5.97 Å². The molecule has 0 saturated carbocycles. The van der Waals surface area contributed by atoms with Gasteiger partial charge < -0.3 is 80.2 Å². The first-order valence-corrected chi connectivity index (χ1v) is 16.5. The van der Waals surface area contributed by atoms with Crippen LogP contribution in [0.25, 0.3) is 0 Å². The minimum Gasteiger partial charge on any atom is -0.550 e. The minimum atomic E-state index is -2.91. The summed E-state index contributed by atoms with van der Waals surface area (Å²) in [4.78, 5) is 30.2. The van der Waals surface area contributed by atoms with E-state index in [4.69, 9.17) is 34.5 Å². The molecule has 284 valence electrons. The first-order chi connectivity index (χ1) is 23.7. The standard InChI is InChI=1S/C32H52N4O14/c1-5-19-20(8-7-18-13-36(10-12-38)14-21(27(41)42)24(18)35-31(33)34-9-6-11-37)22(28(43)46-4)16-47-29(19)50-30-26(48-17(2)3)32(44,45)25(40)23(15-39)49-30/h5,7-8,16-21,23-26,29-30,37-40,44-45H,1,6,9-15H2,2-4H3,(H,41,42)(H3,33,34,35)/t18?,19-,20+,21?,23-,24?,25-,26-,29-,30+/m1/s1. The maximum absolute atomic E-state index is 13.0. The Balaban J connectivity index is 2.01. The van der Waals surface area contributed by atoms with E-state index in [1.54, 1.807) is 26.0 Å². The van der Waals surface area contributed by atoms with Crippen molar-refractivity contribution in [3.63, 3.8) is 0 Å². The normalized spacial score (nSPS) is 34.6. The zero-order chi connectivity index (χ0) is 37.2. The summed E-state index contributed by atoms with van der Waals surface area (Å²) in [5, 5.41) is 76.0. The van der Waals surface area contributed by atoms with E-state index in [-0.39, 0.29) is 44.4 Å². The number of quaternary nitrogens is 1. The summed E-state index contributed by atoms with van der Waals surface area (Å²) in [5.41, 5.74) is 6.14. The second-order valence-electron chi connectivity index (χ2n) is 12.7. The van der Waals surface area contributed by atoms with Crippen molar-refractivity contribution in [2.24, 2.45) is 34.4 Å². The Morgan fingerprint density at radius 2 is 1.94 bits per heavy atom. The molecule has 3 aliphatic rings. The molecule has 2 saturated heterocycles. The molecule has 50 heavy (non-hydrogen) atoms. The van der Waals surface area contributed by atoms with Crippen molar-refractivity contribution in [2.75, 3.05) is 53.1 Å². The number of allylic oxidation sites excluding steroid dienone is 1. The zero-order valence-corrected chi connectivity index (χ0v) is 28.5. The third-order valence-electron chi connectivity index (χ3n) is 8.91. The lowest BCUT2D eigenvalue weighted by Crippen LogP contribution is -3.16. The Labute approximate surface area is 290 Å². The van der Waals surface area contributed by atoms with Crippen molar-refractivity contribution in [3.05, 3.63) is 36.6 Å². The summed E-state index contributed by atoms with van der Waals surface area (Å²) >= 11 is 0. The molecule has 18 heteroatoms. The van der Waals surface area contributed by atoms with Crippen LogP contribution in [0.3, 0.4) is 0 Å². The summed E-state index contributed by atoms with van der Waals surface area (Å²) in [6.07, 6.45) is -2.32. The van der Waals surface area contributed by atoms with Gasteiger partial charge in [0.05, 0.1) is 75.2 Å². The van der Waals surface area contributed by atoms with Crippen LogP contribution in [0, 0.1) is 23.7 Å². The van der Waals surface area contributed by atoms with Crippen LogP contribution in [0.1, 0.15) is 20.3 Å². The van der Waals surface area contributed by atoms with E-state index in [1.807, 2.05) is 0 Å². The number of nitrogens with two attached hydrogens (primary N) is 1. The van der Waals surface area contributed by atoms with Gasteiger partial charge in [0.1, 0.15) is 18.8 Å². The van der Waals surface area contributed by atoms with Gasteiger partial charge in [0.15, 0.2) is 18.4 Å². The Hall–Kier alpha value is -3.17. The molecule has 0 bridgehead atoms. The second kappa shape index (κ2) is 18.9. The van der Waals surface area contributed by atoms with Crippen LogP contribution in [-0.4, -0.2) is 150 Å². The number of aliphatic hydroxyl groups is 6. The largest absolute Gasteiger partial charge is 0.550 e. The van der Waals surface area contributed by atoms with E-state index in [9.17, 15) is 40.2 Å². The van der Waals surface area contributed by atoms with Gasteiger partial charge in [0.2, 0.25) is 12.1 Å². The molecule has 3 rings (SSSR count). The van der Waals surface area contributed by atoms with Crippen molar-refractivity contribution in [1.82, 2.24) is 5.32 Å². The number of likely N-dealkylation sites (tertiary alicyclic amines) is 1. The second-order valence-corrected chi connectivity index (χ2v) is 12.7. The van der Waals surface area contributed by atoms with Gasteiger partial charge in [-0.3, -0.25) is 4.99 Å². The number of hydrogen-bond acceptors (Lipinski definition) is 15. The summed E-state index contributed by atoms with van der Waals surface area (Å²) in [5.74, 6) is -8.37. The number of aliphatic imine (C=N–C) groups is 1. The number of guanidine groups is 1. The lowest BCUT2D eigenvalue weighted by molar-refractivity contribution is -0.911. The summed E-state index contributed by atoms with van der Waals surface area (Å²) in [6.45, 7) is 6.98. The number of carboxylic acids is 1. The van der Waals surface area contributed by atoms with Gasteiger partial charge in [-0.15, -0.1) is 6.58 Å². The number of aliphatic hydroxyl groups excluding tert-OH is 4. The molecule has 0 aromatic heterocycles. The van der Waals surface area contributed by atoms with Crippen molar-refractivity contribution in [2.45, 2.75) is 69.1 Å². The molecular formula is C32H52N4O14. The van der Waals surface area contributed by atoms with Gasteiger partial charge in [0, 0.05) is 25.0 Å². The number of carbonyl (C=O) groups is 2. The number of aliphatic carboxylic acids is 1. The van der Waals surface area contributed by atoms with Gasteiger partial charge in [-0.25, -0.2) is 4.79 Å². The lowest BCUT2D eigenvalue weighted by Gasteiger charge is -2.48. The maximum atomic E-state index is 13.0. The number of methoxy groups -OCH3 is 1. The molecule has 0 spiro atoms. The fourth-order valence-electron chi connectivity index (χ4n) is 6.41. The first kappa shape index (κ1) is 41.3. The van der Waals surface area contributed by atoms with Crippen molar-refractivity contribution in [3.8, 4) is 0 Å². The Bertz CT molecular complexity index is 1230. The van der Waals surface area contributed by atoms with Crippen LogP contribution in [-0.2, 0) is 33.3 Å². The number of carboxylic acid groups (broad SMARTS) is 1. The maximum Gasteiger partial charge on any atom is 0.337 e. The average molecular weight is 717 g/mol. The van der Waals surface area contributed by atoms with E-state index in [0.717, 1.165) is 11.2 Å². The monoisotopic (exact) mass is 716 g/mol. The summed E-state index contributed by atoms with van der Waals surface area (Å²) < 4.78 is 28.2. The molecule has 11 atom stereocenters. The number of piperidine rings is 1. The van der Waals surface area contributed by atoms with E-state index < -0.39 is 91.0 Å². The van der Waals surface area contributed by atoms with Gasteiger partial charge in [0.25, 0.3) is 0 Å². The van der Waals surface area contributed by atoms with E-state index in [0.29, 0.717) is 13.0 Å². The molecule has 0 amide bonds. The van der Waals surface area contributed by atoms with Crippen LogP contribution in [0.15, 0.2) is 41.6 Å². The highest BCUT2D eigenvalue weighted by atomic mass is 16.8. The van der Waals surface area contributed by atoms with Crippen LogP contribution in [0.5, 0.6) is 0 Å². The molecule has 0 radical (unpaired) electrons. The van der Waals surface area contributed by atoms with Crippen molar-refractivity contribution < 1.29 is 73.9 Å². The van der Waals surface area contributed by atoms with Crippen LogP contribution >= 0.6 is 0 Å². The molecule has 3 heterocycles. The number of carbonyl (C=O) groups excluding carboxylic acids is 2. The highest BCUT2D eigenvalue weighted by Crippen LogP contribution is 2.38. The SMILES string of the molecule is C=C[C@H]1[C@@H](O[C@@H]2O[C@H](CO)[C@@H](O)C(O)(O)[C@@H]2OC(C)C)OC=C(C(=O)OC)[C@H]1C=CC1C[NH+](CCO)CC(C(=O)[O-])C1NC(N)=NCCCO. The average Bonchev–Trinajstić information content (AvgIpc) is 3.07. The molecule has 0 aromatic rings. The number of esters is 1. The molecule has 0 aromatic carbocycles. The highest BCUT2D eigenvalue weighted by molar-refractivity contribution is 5.89. The summed E-state index contributed by atoms with van der Waals surface area (Å²) in [7, 11) is 1.18. The van der Waals surface area contributed by atoms with Crippen LogP contribution in [0.2, 0.25) is 0 Å². The van der Waals surface area contributed by atoms with Gasteiger partial charge in [-0.05, 0) is 20.3 Å². The smallest absolute Gasteiger partial charge is 0.337 e. The van der Waals surface area contributed by atoms with E-state index in [2.05, 4.69) is 16.9 Å². The molecule has 2 fully saturated rings. The molecular weight excluding hydrogens is 664 g/mol. The Kier molecular flexibility index (Phi) is 15.6. The zero-order valence-electron chi connectivity index (χ0n) is 28.5. The van der Waals surface area contributed by atoms with E-state index >= 15 is 0 Å². The molecule has 18 nitrogen and oxygen atoms in total. The fraction of sp³-hybridized carbons (Fsp3) is 0.719. The number of hydrogen-bond donors (Lipinski definition) is 9. The predicted octanol–water partition coefficient (Wildman–Crippen LogP) is -5.53. The topological polar surface area (TPSA) is 280 Å². The lowest BCUT2D eigenvalue weighted by atomic mass is 9.79. The first-order valence-electron chi connectivity index (χ1n) is 16.5. The predicted molar refractivity (Wildman–Crippen MR) is 171 cm³/mol. The number of rotatable bonds is 16. The third-order valence-corrected chi connectivity index (χ3v) is 8.91. The Morgan fingerprint density at radius 1 is 1.22 bits per heavy atom. The number of nitrogens with one attached hydrogen (secondary N) is 2. The van der Waals surface area contributed by atoms with Gasteiger partial charge in [-0.1, -0.05) is 18.2 Å². The van der Waals surface area contributed by atoms with E-state index in [1.165, 1.54) is 13.2 Å². The molecule has 3 aliphatic heterocycles. The number of ether oxygens (including phenoxy) is 5. The van der Waals surface area contributed by atoms with Crippen molar-refractivity contribution >= 4 is 17.9 Å². The van der Waals surface area contributed by atoms with Crippen molar-refractivity contribution in [1.29, 1.82) is 0 Å². The van der Waals surface area contributed by atoms with Crippen LogP contribution in [0.4, 0.5) is 0 Å². The minimum absolute atomic E-state index is 0.0295. The highest BCUT2D eigenvalue weighted by Gasteiger charge is 2.57. The van der Waals surface area contributed by atoms with Gasteiger partial charge in [-0.2, -0.15) is 0 Å². The quantitative estimate of drug-likeness (QED) is 0.0180. The third kappa shape index (κ3) is 9.99.